The third-order valence-corrected chi connectivity index (χ3v) is 2.51. The number of benzene rings is 1. The Hall–Kier alpha value is -0.140. The number of hydrogen-bond donors (Lipinski definition) is 0. The van der Waals surface area contributed by atoms with Gasteiger partial charge in [-0.3, -0.25) is 0 Å². The van der Waals surface area contributed by atoms with E-state index >= 15 is 0 Å². The van der Waals surface area contributed by atoms with Crippen molar-refractivity contribution in [1.29, 1.82) is 0 Å². The van der Waals surface area contributed by atoms with E-state index in [0.29, 0.717) is 0 Å². The zero-order valence-corrected chi connectivity index (χ0v) is 9.78. The maximum Gasteiger partial charge on any atom is 0.0255 e. The van der Waals surface area contributed by atoms with Crippen molar-refractivity contribution in [3.8, 4) is 11.2 Å². The summed E-state index contributed by atoms with van der Waals surface area (Å²) < 4.78 is 1.25. The number of thioether (sulfide) groups is 1. The van der Waals surface area contributed by atoms with Gasteiger partial charge in [-0.1, -0.05) is 24.6 Å². The molecule has 0 N–H and O–H groups in total. The summed E-state index contributed by atoms with van der Waals surface area (Å²) in [5.41, 5.74) is 1.09. The van der Waals surface area contributed by atoms with Gasteiger partial charge in [0.05, 0.1) is 0 Å². The lowest BCUT2D eigenvalue weighted by Crippen LogP contribution is -1.73. The quantitative estimate of drug-likeness (QED) is 0.564. The van der Waals surface area contributed by atoms with Crippen LogP contribution in [-0.2, 0) is 0 Å². The van der Waals surface area contributed by atoms with Crippen LogP contribution in [0.2, 0.25) is 0 Å². The van der Waals surface area contributed by atoms with Gasteiger partial charge in [-0.05, 0) is 52.1 Å². The Morgan fingerprint density at radius 3 is 2.58 bits per heavy atom. The molecule has 62 valence electrons. The summed E-state index contributed by atoms with van der Waals surface area (Å²) in [6.45, 7) is 2.10. The van der Waals surface area contributed by atoms with Crippen molar-refractivity contribution in [2.75, 3.05) is 5.75 Å². The van der Waals surface area contributed by atoms with E-state index in [2.05, 4.69) is 52.8 Å². The van der Waals surface area contributed by atoms with Crippen molar-refractivity contribution in [3.63, 3.8) is 0 Å². The molecule has 0 aliphatic heterocycles. The van der Waals surface area contributed by atoms with Crippen LogP contribution >= 0.6 is 34.4 Å². The van der Waals surface area contributed by atoms with Crippen LogP contribution in [-0.4, -0.2) is 5.75 Å². The van der Waals surface area contributed by atoms with Gasteiger partial charge in [0.25, 0.3) is 0 Å². The molecule has 1 rings (SSSR count). The van der Waals surface area contributed by atoms with Crippen molar-refractivity contribution in [1.82, 2.24) is 0 Å². The Kier molecular flexibility index (Phi) is 4.55. The molecule has 0 amide bonds. The van der Waals surface area contributed by atoms with Gasteiger partial charge in [0.1, 0.15) is 0 Å². The molecule has 0 saturated heterocycles. The topological polar surface area (TPSA) is 0 Å². The van der Waals surface area contributed by atoms with E-state index in [4.69, 9.17) is 0 Å². The minimum atomic E-state index is 1.05. The first-order chi connectivity index (χ1) is 5.83. The lowest BCUT2D eigenvalue weighted by molar-refractivity contribution is 1.54. The van der Waals surface area contributed by atoms with Gasteiger partial charge in [0.2, 0.25) is 0 Å². The first-order valence-electron chi connectivity index (χ1n) is 3.71. The number of hydrogen-bond acceptors (Lipinski definition) is 1. The summed E-state index contributed by atoms with van der Waals surface area (Å²) in [6.07, 6.45) is 0. The largest absolute Gasteiger partial charge is 0.0750 e. The van der Waals surface area contributed by atoms with E-state index in [0.717, 1.165) is 11.3 Å². The second-order valence-corrected chi connectivity index (χ2v) is 4.48. The molecule has 2 heteroatoms. The van der Waals surface area contributed by atoms with E-state index < -0.39 is 0 Å². The third kappa shape index (κ3) is 3.51. The highest BCUT2D eigenvalue weighted by Gasteiger charge is 1.85. The van der Waals surface area contributed by atoms with Gasteiger partial charge in [0, 0.05) is 14.9 Å². The van der Waals surface area contributed by atoms with Crippen molar-refractivity contribution in [3.05, 3.63) is 33.4 Å². The molecule has 0 radical (unpaired) electrons. The summed E-state index contributed by atoms with van der Waals surface area (Å²) in [6, 6.07) is 8.23. The van der Waals surface area contributed by atoms with E-state index in [1.54, 1.807) is 11.8 Å². The van der Waals surface area contributed by atoms with Gasteiger partial charge in [0.15, 0.2) is 0 Å². The molecule has 0 saturated carbocycles. The van der Waals surface area contributed by atoms with Crippen LogP contribution in [0.3, 0.4) is 0 Å². The monoisotopic (exact) mass is 288 g/mol. The number of rotatable bonds is 1. The molecular weight excluding hydrogens is 279 g/mol. The number of halogens is 1. The average molecular weight is 288 g/mol. The zero-order chi connectivity index (χ0) is 8.81. The molecule has 0 aromatic heterocycles. The second kappa shape index (κ2) is 5.50. The Morgan fingerprint density at radius 2 is 2.00 bits per heavy atom. The summed E-state index contributed by atoms with van der Waals surface area (Å²) in [4.78, 5) is 0. The van der Waals surface area contributed by atoms with Gasteiger partial charge >= 0.3 is 0 Å². The Labute approximate surface area is 91.3 Å². The fourth-order valence-electron chi connectivity index (χ4n) is 0.700. The van der Waals surface area contributed by atoms with Gasteiger partial charge in [-0.25, -0.2) is 0 Å². The van der Waals surface area contributed by atoms with Crippen molar-refractivity contribution in [2.24, 2.45) is 0 Å². The molecule has 1 aromatic carbocycles. The molecule has 0 bridgehead atoms. The predicted octanol–water partition coefficient (Wildman–Crippen LogP) is 3.35. The fraction of sp³-hybridized carbons (Fsp3) is 0.200. The highest BCUT2D eigenvalue weighted by molar-refractivity contribution is 14.1. The lowest BCUT2D eigenvalue weighted by Gasteiger charge is -1.89. The van der Waals surface area contributed by atoms with E-state index in [9.17, 15) is 0 Å². The van der Waals surface area contributed by atoms with E-state index in [-0.39, 0.29) is 0 Å². The highest BCUT2D eigenvalue weighted by atomic mass is 127. The normalized spacial score (nSPS) is 8.83. The molecule has 0 spiro atoms. The molecular formula is C10H9IS. The van der Waals surface area contributed by atoms with E-state index in [1.807, 2.05) is 12.1 Å². The summed E-state index contributed by atoms with van der Waals surface area (Å²) in [5.74, 6) is 4.14. The lowest BCUT2D eigenvalue weighted by atomic mass is 10.2. The third-order valence-electron chi connectivity index (χ3n) is 1.26. The predicted molar refractivity (Wildman–Crippen MR) is 64.2 cm³/mol. The first-order valence-corrected chi connectivity index (χ1v) is 5.77. The van der Waals surface area contributed by atoms with Crippen LogP contribution in [0, 0.1) is 14.7 Å². The molecule has 12 heavy (non-hydrogen) atoms. The Balaban J connectivity index is 2.66. The smallest absolute Gasteiger partial charge is 0.0255 e. The molecule has 0 heterocycles. The van der Waals surface area contributed by atoms with Gasteiger partial charge < -0.3 is 0 Å². The summed E-state index contributed by atoms with van der Waals surface area (Å²) in [7, 11) is 0. The van der Waals surface area contributed by atoms with E-state index in [1.165, 1.54) is 3.57 Å². The Morgan fingerprint density at radius 1 is 1.33 bits per heavy atom. The van der Waals surface area contributed by atoms with Crippen LogP contribution in [0.4, 0.5) is 0 Å². The minimum absolute atomic E-state index is 1.05. The molecule has 0 unspecified atom stereocenters. The standard InChI is InChI=1S/C10H9IS/c1-2-12-8-7-9-3-5-10(11)6-4-9/h3-6H,2H2,1H3. The molecule has 0 nitrogen and oxygen atoms in total. The van der Waals surface area contributed by atoms with Crippen LogP contribution in [0.1, 0.15) is 12.5 Å². The molecule has 0 aliphatic carbocycles. The molecule has 0 atom stereocenters. The van der Waals surface area contributed by atoms with Crippen LogP contribution in [0.25, 0.3) is 0 Å². The summed E-state index contributed by atoms with van der Waals surface area (Å²) >= 11 is 3.93. The van der Waals surface area contributed by atoms with Crippen LogP contribution in [0.15, 0.2) is 24.3 Å². The second-order valence-electron chi connectivity index (χ2n) is 2.17. The fourth-order valence-corrected chi connectivity index (χ4v) is 1.39. The van der Waals surface area contributed by atoms with Crippen molar-refractivity contribution >= 4 is 34.4 Å². The maximum atomic E-state index is 3.08. The molecule has 0 fully saturated rings. The highest BCUT2D eigenvalue weighted by Crippen LogP contribution is 2.06. The SMILES string of the molecule is CCSC#Cc1ccc(I)cc1. The van der Waals surface area contributed by atoms with Crippen LogP contribution in [0.5, 0.6) is 0 Å². The summed E-state index contributed by atoms with van der Waals surface area (Å²) in [5, 5.41) is 3.04. The van der Waals surface area contributed by atoms with Crippen molar-refractivity contribution in [2.45, 2.75) is 6.92 Å². The van der Waals surface area contributed by atoms with Crippen LogP contribution < -0.4 is 0 Å². The Bertz CT molecular complexity index is 292. The first kappa shape index (κ1) is 9.94. The van der Waals surface area contributed by atoms with Crippen molar-refractivity contribution < 1.29 is 0 Å². The zero-order valence-electron chi connectivity index (χ0n) is 6.80. The maximum absolute atomic E-state index is 3.08. The van der Waals surface area contributed by atoms with Gasteiger partial charge in [-0.2, -0.15) is 0 Å². The molecule has 0 aliphatic rings. The average Bonchev–Trinajstić information content (AvgIpc) is 2.09. The van der Waals surface area contributed by atoms with Gasteiger partial charge in [-0.15, -0.1) is 0 Å². The minimum Gasteiger partial charge on any atom is -0.0750 e. The molecule has 1 aromatic rings.